The van der Waals surface area contributed by atoms with Gasteiger partial charge in [0.1, 0.15) is 0 Å². The molecule has 5 nitrogen and oxygen atoms in total. The highest BCUT2D eigenvalue weighted by Gasteiger charge is 1.94. The molecule has 2 fully saturated rings. The third-order valence-electron chi connectivity index (χ3n) is 2.41. The topological polar surface area (TPSA) is 81.6 Å². The van der Waals surface area contributed by atoms with E-state index in [2.05, 4.69) is 10.6 Å². The Kier molecular flexibility index (Phi) is 19.0. The van der Waals surface area contributed by atoms with Gasteiger partial charge in [-0.2, -0.15) is 0 Å². The van der Waals surface area contributed by atoms with Gasteiger partial charge in [-0.25, -0.2) is 0 Å². The molecule has 0 bridgehead atoms. The highest BCUT2D eigenvalue weighted by molar-refractivity contribution is 7.30. The maximum absolute atomic E-state index is 8.74. The Hall–Kier alpha value is 0.360. The summed E-state index contributed by atoms with van der Waals surface area (Å²) in [6, 6.07) is 0. The summed E-state index contributed by atoms with van der Waals surface area (Å²) in [6.45, 7) is 5.00. The van der Waals surface area contributed by atoms with E-state index in [1.54, 1.807) is 0 Å². The SMILES string of the molecule is C1CCNCC1.C1CCNCC1.Cl.O=[PH](O)O. The predicted molar refractivity (Wildman–Crippen MR) is 74.1 cm³/mol. The van der Waals surface area contributed by atoms with E-state index in [0.717, 1.165) is 0 Å². The first-order chi connectivity index (χ1) is 7.73. The van der Waals surface area contributed by atoms with Crippen LogP contribution in [0.3, 0.4) is 0 Å². The summed E-state index contributed by atoms with van der Waals surface area (Å²) in [5.74, 6) is 0. The fourth-order valence-corrected chi connectivity index (χ4v) is 1.60. The van der Waals surface area contributed by atoms with Gasteiger partial charge < -0.3 is 20.4 Å². The molecule has 0 aliphatic carbocycles. The number of halogens is 1. The lowest BCUT2D eigenvalue weighted by Gasteiger charge is -2.08. The molecular weight excluding hydrogens is 263 g/mol. The number of hydrogen-bond donors (Lipinski definition) is 4. The second kappa shape index (κ2) is 16.4. The second-order valence-corrected chi connectivity index (χ2v) is 4.47. The lowest BCUT2D eigenvalue weighted by atomic mass is 10.2. The number of piperidine rings is 2. The van der Waals surface area contributed by atoms with Crippen molar-refractivity contribution in [1.29, 1.82) is 0 Å². The van der Waals surface area contributed by atoms with Crippen molar-refractivity contribution in [3.05, 3.63) is 0 Å². The Morgan fingerprint density at radius 2 is 0.941 bits per heavy atom. The summed E-state index contributed by atoms with van der Waals surface area (Å²) in [6.07, 6.45) is 8.43. The van der Waals surface area contributed by atoms with Crippen molar-refractivity contribution in [3.63, 3.8) is 0 Å². The fourth-order valence-electron chi connectivity index (χ4n) is 1.60. The second-order valence-electron chi connectivity index (χ2n) is 3.90. The van der Waals surface area contributed by atoms with Gasteiger partial charge in [-0.05, 0) is 51.9 Å². The third-order valence-corrected chi connectivity index (χ3v) is 2.41. The average molecular weight is 289 g/mol. The van der Waals surface area contributed by atoms with Gasteiger partial charge >= 0.3 is 8.25 Å². The molecule has 0 unspecified atom stereocenters. The van der Waals surface area contributed by atoms with Crippen molar-refractivity contribution in [2.75, 3.05) is 26.2 Å². The summed E-state index contributed by atoms with van der Waals surface area (Å²) < 4.78 is 8.74. The Balaban J connectivity index is 0. The summed E-state index contributed by atoms with van der Waals surface area (Å²) in [4.78, 5) is 14.3. The molecule has 2 heterocycles. The first-order valence-corrected chi connectivity index (χ1v) is 7.37. The van der Waals surface area contributed by atoms with E-state index < -0.39 is 8.25 Å². The highest BCUT2D eigenvalue weighted by atomic mass is 35.5. The number of hydrogen-bond acceptors (Lipinski definition) is 3. The molecule has 0 saturated carbocycles. The Bertz CT molecular complexity index is 129. The Morgan fingerprint density at radius 1 is 0.706 bits per heavy atom. The minimum atomic E-state index is -3.13. The zero-order valence-corrected chi connectivity index (χ0v) is 12.1. The molecule has 0 aromatic rings. The molecular formula is C10H26ClN2O3P. The van der Waals surface area contributed by atoms with E-state index in [9.17, 15) is 0 Å². The largest absolute Gasteiger partial charge is 0.326 e. The van der Waals surface area contributed by atoms with Gasteiger partial charge in [-0.3, -0.25) is 4.57 Å². The summed E-state index contributed by atoms with van der Waals surface area (Å²) >= 11 is 0. The minimum Gasteiger partial charge on any atom is -0.326 e. The maximum Gasteiger partial charge on any atom is 0.314 e. The van der Waals surface area contributed by atoms with Gasteiger partial charge in [-0.15, -0.1) is 12.4 Å². The molecule has 0 aromatic heterocycles. The number of nitrogens with one attached hydrogen (secondary N) is 2. The molecule has 2 aliphatic heterocycles. The van der Waals surface area contributed by atoms with Crippen molar-refractivity contribution in [2.24, 2.45) is 0 Å². The van der Waals surface area contributed by atoms with E-state index in [4.69, 9.17) is 14.4 Å². The standard InChI is InChI=1S/2C5H11N.ClH.H3O3P/c2*1-2-4-6-5-3-1;;1-4(2)3/h2*6H,1-5H2;1H;4H,(H2,1,2,3). The molecule has 0 spiro atoms. The van der Waals surface area contributed by atoms with Crippen LogP contribution in [0.4, 0.5) is 0 Å². The molecule has 7 heteroatoms. The predicted octanol–water partition coefficient (Wildman–Crippen LogP) is 1.30. The van der Waals surface area contributed by atoms with E-state index in [-0.39, 0.29) is 12.4 Å². The zero-order valence-electron chi connectivity index (χ0n) is 10.3. The average Bonchev–Trinajstić information content (AvgIpc) is 2.34. The fraction of sp³-hybridized carbons (Fsp3) is 1.00. The van der Waals surface area contributed by atoms with Gasteiger partial charge in [0.25, 0.3) is 0 Å². The van der Waals surface area contributed by atoms with Crippen molar-refractivity contribution >= 4 is 20.7 Å². The lowest BCUT2D eigenvalue weighted by Crippen LogP contribution is -2.21. The van der Waals surface area contributed by atoms with Crippen LogP contribution < -0.4 is 10.6 Å². The third kappa shape index (κ3) is 22.1. The molecule has 0 radical (unpaired) electrons. The van der Waals surface area contributed by atoms with Crippen LogP contribution in [0.15, 0.2) is 0 Å². The summed E-state index contributed by atoms with van der Waals surface area (Å²) in [5.41, 5.74) is 0. The van der Waals surface area contributed by atoms with E-state index in [0.29, 0.717) is 0 Å². The van der Waals surface area contributed by atoms with Crippen LogP contribution >= 0.6 is 20.7 Å². The molecule has 2 saturated heterocycles. The highest BCUT2D eigenvalue weighted by Crippen LogP contribution is 1.98. The van der Waals surface area contributed by atoms with Crippen LogP contribution in [-0.4, -0.2) is 36.0 Å². The van der Waals surface area contributed by atoms with Crippen molar-refractivity contribution in [3.8, 4) is 0 Å². The van der Waals surface area contributed by atoms with Crippen molar-refractivity contribution in [1.82, 2.24) is 10.6 Å². The molecule has 106 valence electrons. The quantitative estimate of drug-likeness (QED) is 0.505. The Labute approximate surface area is 111 Å². The molecule has 0 atom stereocenters. The first-order valence-electron chi connectivity index (χ1n) is 6.07. The number of rotatable bonds is 0. The van der Waals surface area contributed by atoms with Crippen molar-refractivity contribution in [2.45, 2.75) is 38.5 Å². The van der Waals surface area contributed by atoms with E-state index in [1.807, 2.05) is 0 Å². The lowest BCUT2D eigenvalue weighted by molar-refractivity contribution is 0.405. The smallest absolute Gasteiger partial charge is 0.314 e. The van der Waals surface area contributed by atoms with Gasteiger partial charge in [-0.1, -0.05) is 12.8 Å². The minimum absolute atomic E-state index is 0. The van der Waals surface area contributed by atoms with Gasteiger partial charge in [0, 0.05) is 0 Å². The summed E-state index contributed by atoms with van der Waals surface area (Å²) in [7, 11) is -3.13. The molecule has 4 N–H and O–H groups in total. The van der Waals surface area contributed by atoms with Crippen LogP contribution in [0.2, 0.25) is 0 Å². The maximum atomic E-state index is 8.74. The van der Waals surface area contributed by atoms with Crippen LogP contribution in [0.5, 0.6) is 0 Å². The van der Waals surface area contributed by atoms with Gasteiger partial charge in [0.15, 0.2) is 0 Å². The first kappa shape index (κ1) is 19.7. The van der Waals surface area contributed by atoms with E-state index in [1.165, 1.54) is 64.7 Å². The molecule has 0 aromatic carbocycles. The molecule has 17 heavy (non-hydrogen) atoms. The monoisotopic (exact) mass is 288 g/mol. The van der Waals surface area contributed by atoms with Crippen LogP contribution in [0, 0.1) is 0 Å². The normalized spacial score (nSPS) is 19.0. The van der Waals surface area contributed by atoms with E-state index >= 15 is 0 Å². The molecule has 2 aliphatic rings. The van der Waals surface area contributed by atoms with Gasteiger partial charge in [0.2, 0.25) is 0 Å². The Morgan fingerprint density at radius 3 is 1.00 bits per heavy atom. The summed E-state index contributed by atoms with van der Waals surface area (Å²) in [5, 5.41) is 6.57. The van der Waals surface area contributed by atoms with Crippen LogP contribution in [-0.2, 0) is 4.57 Å². The molecule has 0 amide bonds. The molecule has 2 rings (SSSR count). The van der Waals surface area contributed by atoms with Crippen LogP contribution in [0.1, 0.15) is 38.5 Å². The van der Waals surface area contributed by atoms with Crippen molar-refractivity contribution < 1.29 is 14.4 Å². The van der Waals surface area contributed by atoms with Crippen LogP contribution in [0.25, 0.3) is 0 Å². The zero-order chi connectivity index (χ0) is 12.1. The van der Waals surface area contributed by atoms with Gasteiger partial charge in [0.05, 0.1) is 0 Å².